The fraction of sp³-hybridized carbons (Fsp3) is 0.488. The first-order chi connectivity index (χ1) is 26.6. The maximum atomic E-state index is 14.1. The fourth-order valence-electron chi connectivity index (χ4n) is 5.06. The number of nitrogens with one attached hydrogen (secondary N) is 4. The Kier molecular flexibility index (Phi) is 18.7. The second-order valence-electron chi connectivity index (χ2n) is 15.3. The topological polar surface area (TPSA) is 205 Å². The lowest BCUT2D eigenvalue weighted by Gasteiger charge is -2.28. The number of halogens is 1. The first-order valence-electron chi connectivity index (χ1n) is 18.5. The molecule has 2 rings (SSSR count). The first kappa shape index (κ1) is 47.7. The van der Waals surface area contributed by atoms with Gasteiger partial charge >= 0.3 is 24.0 Å². The summed E-state index contributed by atoms with van der Waals surface area (Å²) in [5, 5.41) is 9.94. The maximum Gasteiger partial charge on any atom is 0.408 e. The van der Waals surface area contributed by atoms with Gasteiger partial charge in [0.2, 0.25) is 17.7 Å². The van der Waals surface area contributed by atoms with E-state index in [1.54, 1.807) is 123 Å². The van der Waals surface area contributed by atoms with Crippen LogP contribution >= 0.6 is 11.6 Å². The van der Waals surface area contributed by atoms with Gasteiger partial charge in [0.05, 0.1) is 25.5 Å². The summed E-state index contributed by atoms with van der Waals surface area (Å²) >= 11 is 6.16. The molecule has 0 saturated heterocycles. The van der Waals surface area contributed by atoms with Gasteiger partial charge in [-0.25, -0.2) is 9.59 Å². The molecule has 4 N–H and O–H groups in total. The minimum Gasteiger partial charge on any atom is -0.462 e. The van der Waals surface area contributed by atoms with Crippen LogP contribution in [0.3, 0.4) is 0 Å². The monoisotopic (exact) mass is 814 g/mol. The van der Waals surface area contributed by atoms with E-state index in [0.29, 0.717) is 11.1 Å². The quantitative estimate of drug-likeness (QED) is 0.0904. The summed E-state index contributed by atoms with van der Waals surface area (Å²) in [6, 6.07) is 11.5. The zero-order valence-electron chi connectivity index (χ0n) is 33.9. The Hall–Kier alpha value is -5.44. The van der Waals surface area contributed by atoms with Crippen molar-refractivity contribution in [3.05, 3.63) is 82.9 Å². The molecule has 4 amide bonds. The molecule has 16 heteroatoms. The van der Waals surface area contributed by atoms with Crippen molar-refractivity contribution in [2.45, 2.75) is 117 Å². The molecule has 2 aromatic rings. The SMILES string of the molecule is CCOC(=O)/C(Cl)=C/[C@H](CC(=O)OC(C)(C)C)NC(=O)[C@@H](NC(=O)[C@@H](NC(=O)[C@H](CC(=O)OC(C)(C)C)NC(=O)OCc1ccccc1)c1ccccc1)C(C)C. The third-order valence-electron chi connectivity index (χ3n) is 7.49. The van der Waals surface area contributed by atoms with Gasteiger partial charge in [0.15, 0.2) is 0 Å². The van der Waals surface area contributed by atoms with Gasteiger partial charge in [0, 0.05) is 0 Å². The van der Waals surface area contributed by atoms with E-state index in [9.17, 15) is 33.6 Å². The van der Waals surface area contributed by atoms with Gasteiger partial charge < -0.3 is 40.2 Å². The van der Waals surface area contributed by atoms with E-state index in [2.05, 4.69) is 21.3 Å². The van der Waals surface area contributed by atoms with Gasteiger partial charge in [-0.2, -0.15) is 0 Å². The molecule has 15 nitrogen and oxygen atoms in total. The number of hydrogen-bond donors (Lipinski definition) is 4. The molecule has 0 heterocycles. The highest BCUT2D eigenvalue weighted by molar-refractivity contribution is 6.41. The number of rotatable bonds is 18. The Bertz CT molecular complexity index is 1720. The van der Waals surface area contributed by atoms with Crippen molar-refractivity contribution in [2.75, 3.05) is 6.61 Å². The zero-order chi connectivity index (χ0) is 42.9. The second-order valence-corrected chi connectivity index (χ2v) is 15.7. The summed E-state index contributed by atoms with van der Waals surface area (Å²) in [4.78, 5) is 92.7. The average molecular weight is 815 g/mol. The minimum atomic E-state index is -1.55. The third-order valence-corrected chi connectivity index (χ3v) is 7.77. The lowest BCUT2D eigenvalue weighted by Crippen LogP contribution is -2.56. The molecule has 4 atom stereocenters. The smallest absolute Gasteiger partial charge is 0.408 e. The molecule has 0 fully saturated rings. The van der Waals surface area contributed by atoms with E-state index in [0.717, 1.165) is 6.08 Å². The lowest BCUT2D eigenvalue weighted by atomic mass is 10.00. The molecule has 0 aliphatic rings. The van der Waals surface area contributed by atoms with Crippen LogP contribution in [0.15, 0.2) is 71.8 Å². The molecule has 2 aromatic carbocycles. The van der Waals surface area contributed by atoms with E-state index in [1.807, 2.05) is 0 Å². The highest BCUT2D eigenvalue weighted by Crippen LogP contribution is 2.18. The van der Waals surface area contributed by atoms with Crippen LogP contribution in [0.2, 0.25) is 0 Å². The number of benzene rings is 2. The molecule has 0 aromatic heterocycles. The highest BCUT2D eigenvalue weighted by atomic mass is 35.5. The van der Waals surface area contributed by atoms with Crippen LogP contribution in [0.1, 0.15) is 92.3 Å². The molecule has 0 aliphatic carbocycles. The summed E-state index contributed by atoms with van der Waals surface area (Å²) in [7, 11) is 0. The number of carbonyl (C=O) groups excluding carboxylic acids is 7. The van der Waals surface area contributed by atoms with Crippen LogP contribution in [-0.4, -0.2) is 77.7 Å². The van der Waals surface area contributed by atoms with Gasteiger partial charge in [-0.05, 0) is 71.6 Å². The van der Waals surface area contributed by atoms with E-state index in [-0.39, 0.29) is 18.2 Å². The van der Waals surface area contributed by atoms with Gasteiger partial charge in [-0.3, -0.25) is 24.0 Å². The summed E-state index contributed by atoms with van der Waals surface area (Å²) in [5.74, 6) is -5.43. The standard InChI is InChI=1S/C41H55ClN4O11/c1-10-54-38(52)29(42)21-28(22-31(47)56-40(4,5)6)43-36(50)33(25(2)3)45-37(51)34(27-19-15-12-16-20-27)46-35(49)30(23-32(48)57-41(7,8)9)44-39(53)55-24-26-17-13-11-14-18-26/h11-21,25,28,30,33-34H,10,22-24H2,1-9H3,(H,43,50)(H,44,53)(H,45,51)(H,46,49)/b29-21-/t28-,30+,33+,34+/m1/s1. The molecule has 0 spiro atoms. The van der Waals surface area contributed by atoms with Gasteiger partial charge in [0.1, 0.15) is 41.0 Å². The first-order valence-corrected chi connectivity index (χ1v) is 18.9. The van der Waals surface area contributed by atoms with Crippen LogP contribution in [0.5, 0.6) is 0 Å². The number of alkyl carbamates (subject to hydrolysis) is 1. The molecule has 0 bridgehead atoms. The summed E-state index contributed by atoms with van der Waals surface area (Å²) in [6.07, 6.45) is -0.876. The van der Waals surface area contributed by atoms with E-state index < -0.39 is 95.9 Å². The van der Waals surface area contributed by atoms with Crippen molar-refractivity contribution in [3.63, 3.8) is 0 Å². The maximum absolute atomic E-state index is 14.1. The highest BCUT2D eigenvalue weighted by Gasteiger charge is 2.34. The van der Waals surface area contributed by atoms with Crippen molar-refractivity contribution in [3.8, 4) is 0 Å². The van der Waals surface area contributed by atoms with E-state index in [4.69, 9.17) is 30.5 Å². The van der Waals surface area contributed by atoms with Crippen LogP contribution in [0.4, 0.5) is 4.79 Å². The van der Waals surface area contributed by atoms with Crippen LogP contribution in [-0.2, 0) is 54.3 Å². The average Bonchev–Trinajstić information content (AvgIpc) is 3.10. The Labute approximate surface area is 338 Å². The second kappa shape index (κ2) is 22.3. The molecule has 0 unspecified atom stereocenters. The Balaban J connectivity index is 2.40. The van der Waals surface area contributed by atoms with Gasteiger partial charge in [-0.15, -0.1) is 0 Å². The number of ether oxygens (including phenoxy) is 4. The third kappa shape index (κ3) is 18.4. The van der Waals surface area contributed by atoms with Gasteiger partial charge in [0.25, 0.3) is 0 Å². The summed E-state index contributed by atoms with van der Waals surface area (Å²) in [5.41, 5.74) is -0.771. The minimum absolute atomic E-state index is 0.0305. The molecular weight excluding hydrogens is 760 g/mol. The molecular formula is C41H55ClN4O11. The van der Waals surface area contributed by atoms with Crippen LogP contribution in [0, 0.1) is 5.92 Å². The Morgan fingerprint density at radius 1 is 0.684 bits per heavy atom. The molecule has 57 heavy (non-hydrogen) atoms. The largest absolute Gasteiger partial charge is 0.462 e. The predicted octanol–water partition coefficient (Wildman–Crippen LogP) is 4.91. The van der Waals surface area contributed by atoms with Crippen molar-refractivity contribution in [1.29, 1.82) is 0 Å². The predicted molar refractivity (Wildman–Crippen MR) is 211 cm³/mol. The van der Waals surface area contributed by atoms with Crippen molar-refractivity contribution < 1.29 is 52.5 Å². The zero-order valence-corrected chi connectivity index (χ0v) is 34.7. The van der Waals surface area contributed by atoms with Crippen LogP contribution < -0.4 is 21.3 Å². The number of carbonyl (C=O) groups is 7. The van der Waals surface area contributed by atoms with Crippen molar-refractivity contribution >= 4 is 53.3 Å². The summed E-state index contributed by atoms with van der Waals surface area (Å²) in [6.45, 7) is 14.7. The molecule has 0 saturated carbocycles. The molecule has 0 radical (unpaired) electrons. The normalized spacial score (nSPS) is 13.8. The van der Waals surface area contributed by atoms with Crippen molar-refractivity contribution in [2.24, 2.45) is 5.92 Å². The summed E-state index contributed by atoms with van der Waals surface area (Å²) < 4.78 is 21.0. The lowest BCUT2D eigenvalue weighted by molar-refractivity contribution is -0.157. The number of esters is 3. The van der Waals surface area contributed by atoms with Crippen molar-refractivity contribution in [1.82, 2.24) is 21.3 Å². The Morgan fingerprint density at radius 3 is 1.75 bits per heavy atom. The number of amides is 4. The van der Waals surface area contributed by atoms with Gasteiger partial charge in [-0.1, -0.05) is 86.1 Å². The molecule has 0 aliphatic heterocycles. The van der Waals surface area contributed by atoms with Crippen LogP contribution in [0.25, 0.3) is 0 Å². The fourth-order valence-corrected chi connectivity index (χ4v) is 5.26. The molecule has 312 valence electrons. The Morgan fingerprint density at radius 2 is 1.23 bits per heavy atom. The van der Waals surface area contributed by atoms with E-state index >= 15 is 0 Å². The number of hydrogen-bond acceptors (Lipinski definition) is 11. The van der Waals surface area contributed by atoms with E-state index in [1.165, 1.54) is 0 Å².